The molecule has 0 aliphatic heterocycles. The van der Waals surface area contributed by atoms with E-state index in [0.29, 0.717) is 22.7 Å². The molecule has 3 aromatic rings. The Morgan fingerprint density at radius 2 is 1.68 bits per heavy atom. The van der Waals surface area contributed by atoms with Crippen molar-refractivity contribution in [1.29, 1.82) is 5.26 Å². The van der Waals surface area contributed by atoms with E-state index in [2.05, 4.69) is 9.97 Å². The van der Waals surface area contributed by atoms with Gasteiger partial charge in [0.1, 0.15) is 17.6 Å². The molecule has 0 N–H and O–H groups in total. The van der Waals surface area contributed by atoms with Crippen LogP contribution in [0.3, 0.4) is 0 Å². The van der Waals surface area contributed by atoms with E-state index in [-0.39, 0.29) is 17.1 Å². The van der Waals surface area contributed by atoms with E-state index >= 15 is 0 Å². The molecule has 0 fully saturated rings. The highest BCUT2D eigenvalue weighted by Gasteiger charge is 2.30. The Hall–Kier alpha value is -3.79. The third-order valence-electron chi connectivity index (χ3n) is 5.20. The standard InChI is InChI=1S/C27H28FN3O3/c1-17(2)24(19-15-30-26(31-16-19)27(3,4)5)25(32)34-23(14-29)18-11-12-21(28)22(13-18)33-20-9-7-6-8-10-20/h6-13,15-17,23-24H,1-5H3. The van der Waals surface area contributed by atoms with Crippen LogP contribution in [0.5, 0.6) is 11.5 Å². The predicted octanol–water partition coefficient (Wildman–Crippen LogP) is 6.25. The molecular formula is C27H28FN3O3. The van der Waals surface area contributed by atoms with Gasteiger partial charge in [-0.05, 0) is 30.2 Å². The van der Waals surface area contributed by atoms with Gasteiger partial charge in [-0.2, -0.15) is 5.26 Å². The van der Waals surface area contributed by atoms with Crippen LogP contribution in [-0.2, 0) is 14.9 Å². The summed E-state index contributed by atoms with van der Waals surface area (Å²) in [5, 5.41) is 9.71. The lowest BCUT2D eigenvalue weighted by Gasteiger charge is -2.22. The number of esters is 1. The molecule has 0 saturated carbocycles. The maximum absolute atomic E-state index is 14.3. The number of hydrogen-bond donors (Lipinski definition) is 0. The lowest BCUT2D eigenvalue weighted by molar-refractivity contribution is -0.150. The highest BCUT2D eigenvalue weighted by atomic mass is 19.1. The number of nitriles is 1. The van der Waals surface area contributed by atoms with E-state index in [9.17, 15) is 14.4 Å². The first-order valence-electron chi connectivity index (χ1n) is 11.0. The normalized spacial score (nSPS) is 13.1. The van der Waals surface area contributed by atoms with Crippen LogP contribution in [0, 0.1) is 23.1 Å². The van der Waals surface area contributed by atoms with Crippen molar-refractivity contribution < 1.29 is 18.7 Å². The van der Waals surface area contributed by atoms with E-state index in [4.69, 9.17) is 9.47 Å². The Balaban J connectivity index is 1.82. The van der Waals surface area contributed by atoms with Gasteiger partial charge in [0.05, 0.1) is 5.92 Å². The summed E-state index contributed by atoms with van der Waals surface area (Å²) in [7, 11) is 0. The molecule has 0 spiro atoms. The Morgan fingerprint density at radius 1 is 1.03 bits per heavy atom. The maximum atomic E-state index is 14.3. The fraction of sp³-hybridized carbons (Fsp3) is 0.333. The predicted molar refractivity (Wildman–Crippen MR) is 126 cm³/mol. The number of carbonyl (C=O) groups is 1. The lowest BCUT2D eigenvalue weighted by atomic mass is 9.89. The largest absolute Gasteiger partial charge is 0.454 e. The van der Waals surface area contributed by atoms with E-state index < -0.39 is 23.8 Å². The van der Waals surface area contributed by atoms with E-state index in [0.717, 1.165) is 0 Å². The van der Waals surface area contributed by atoms with Gasteiger partial charge in [0.25, 0.3) is 0 Å². The van der Waals surface area contributed by atoms with Crippen molar-refractivity contribution in [2.75, 3.05) is 0 Å². The number of para-hydroxylation sites is 1. The first-order chi connectivity index (χ1) is 16.1. The number of rotatable bonds is 7. The smallest absolute Gasteiger partial charge is 0.315 e. The molecule has 2 unspecified atom stereocenters. The Morgan fingerprint density at radius 3 is 2.24 bits per heavy atom. The Labute approximate surface area is 199 Å². The quantitative estimate of drug-likeness (QED) is 0.387. The molecule has 1 aromatic heterocycles. The van der Waals surface area contributed by atoms with Gasteiger partial charge in [-0.25, -0.2) is 14.4 Å². The summed E-state index contributed by atoms with van der Waals surface area (Å²) >= 11 is 0. The average Bonchev–Trinajstić information content (AvgIpc) is 2.79. The molecule has 2 atom stereocenters. The highest BCUT2D eigenvalue weighted by molar-refractivity contribution is 5.78. The molecular weight excluding hydrogens is 433 g/mol. The van der Waals surface area contributed by atoms with Crippen LogP contribution in [0.2, 0.25) is 0 Å². The zero-order valence-electron chi connectivity index (χ0n) is 19.9. The number of benzene rings is 2. The molecule has 176 valence electrons. The molecule has 3 rings (SSSR count). The molecule has 0 bridgehead atoms. The molecule has 2 aromatic carbocycles. The van der Waals surface area contributed by atoms with Crippen molar-refractivity contribution in [2.45, 2.75) is 52.1 Å². The van der Waals surface area contributed by atoms with Gasteiger partial charge in [-0.1, -0.05) is 58.9 Å². The molecule has 0 saturated heterocycles. The fourth-order valence-electron chi connectivity index (χ4n) is 3.41. The summed E-state index contributed by atoms with van der Waals surface area (Å²) in [4.78, 5) is 21.9. The van der Waals surface area contributed by atoms with Crippen molar-refractivity contribution >= 4 is 5.97 Å². The first kappa shape index (κ1) is 24.8. The minimum atomic E-state index is -1.23. The van der Waals surface area contributed by atoms with Crippen LogP contribution in [0.1, 0.15) is 63.6 Å². The number of carbonyl (C=O) groups excluding carboxylic acids is 1. The second-order valence-electron chi connectivity index (χ2n) is 9.36. The molecule has 0 amide bonds. The second-order valence-corrected chi connectivity index (χ2v) is 9.36. The van der Waals surface area contributed by atoms with Crippen molar-refractivity contribution in [3.63, 3.8) is 0 Å². The summed E-state index contributed by atoms with van der Waals surface area (Å²) < 4.78 is 25.5. The Kier molecular flexibility index (Phi) is 7.62. The van der Waals surface area contributed by atoms with Gasteiger partial charge >= 0.3 is 5.97 Å². The Bertz CT molecular complexity index is 1170. The average molecular weight is 462 g/mol. The van der Waals surface area contributed by atoms with Gasteiger partial charge in [-0.15, -0.1) is 0 Å². The van der Waals surface area contributed by atoms with Gasteiger partial charge in [0, 0.05) is 28.9 Å². The number of halogens is 1. The number of aromatic nitrogens is 2. The summed E-state index contributed by atoms with van der Waals surface area (Å²) in [5.41, 5.74) is 0.697. The summed E-state index contributed by atoms with van der Waals surface area (Å²) in [5.74, 6) is -0.907. The van der Waals surface area contributed by atoms with Gasteiger partial charge in [0.15, 0.2) is 11.6 Å². The van der Waals surface area contributed by atoms with Gasteiger partial charge in [-0.3, -0.25) is 4.79 Å². The van der Waals surface area contributed by atoms with Crippen molar-refractivity contribution in [3.05, 3.63) is 83.7 Å². The molecule has 0 aliphatic rings. The molecule has 34 heavy (non-hydrogen) atoms. The summed E-state index contributed by atoms with van der Waals surface area (Å²) in [6.45, 7) is 9.79. The molecule has 0 aliphatic carbocycles. The van der Waals surface area contributed by atoms with Gasteiger partial charge < -0.3 is 9.47 Å². The summed E-state index contributed by atoms with van der Waals surface area (Å²) in [6, 6.07) is 14.7. The highest BCUT2D eigenvalue weighted by Crippen LogP contribution is 2.32. The van der Waals surface area contributed by atoms with Gasteiger partial charge in [0.2, 0.25) is 6.10 Å². The molecule has 1 heterocycles. The second kappa shape index (κ2) is 10.4. The van der Waals surface area contributed by atoms with Crippen LogP contribution >= 0.6 is 0 Å². The fourth-order valence-corrected chi connectivity index (χ4v) is 3.41. The van der Waals surface area contributed by atoms with Crippen LogP contribution in [0.25, 0.3) is 0 Å². The van der Waals surface area contributed by atoms with Crippen LogP contribution < -0.4 is 4.74 Å². The lowest BCUT2D eigenvalue weighted by Crippen LogP contribution is -2.24. The maximum Gasteiger partial charge on any atom is 0.315 e. The minimum absolute atomic E-state index is 0.0634. The van der Waals surface area contributed by atoms with Crippen LogP contribution in [0.15, 0.2) is 60.9 Å². The zero-order valence-corrected chi connectivity index (χ0v) is 19.9. The van der Waals surface area contributed by atoms with E-state index in [1.165, 1.54) is 18.2 Å². The van der Waals surface area contributed by atoms with Crippen molar-refractivity contribution in [3.8, 4) is 17.6 Å². The molecule has 7 heteroatoms. The summed E-state index contributed by atoms with van der Waals surface area (Å²) in [6.07, 6.45) is 2.03. The van der Waals surface area contributed by atoms with E-state index in [1.54, 1.807) is 36.7 Å². The van der Waals surface area contributed by atoms with Crippen LogP contribution in [0.4, 0.5) is 4.39 Å². The number of ether oxygens (including phenoxy) is 2. The third kappa shape index (κ3) is 5.96. The molecule has 6 nitrogen and oxygen atoms in total. The minimum Gasteiger partial charge on any atom is -0.454 e. The van der Waals surface area contributed by atoms with Crippen molar-refractivity contribution in [2.24, 2.45) is 5.92 Å². The topological polar surface area (TPSA) is 85.1 Å². The van der Waals surface area contributed by atoms with Crippen LogP contribution in [-0.4, -0.2) is 15.9 Å². The zero-order chi connectivity index (χ0) is 24.9. The van der Waals surface area contributed by atoms with Crippen molar-refractivity contribution in [1.82, 2.24) is 9.97 Å². The molecule has 0 radical (unpaired) electrons. The monoisotopic (exact) mass is 461 g/mol. The number of hydrogen-bond acceptors (Lipinski definition) is 6. The number of nitrogens with zero attached hydrogens (tertiary/aromatic N) is 3. The SMILES string of the molecule is CC(C)C(C(=O)OC(C#N)c1ccc(F)c(Oc2ccccc2)c1)c1cnc(C(C)(C)C)nc1. The third-order valence-corrected chi connectivity index (χ3v) is 5.20. The van der Waals surface area contributed by atoms with E-state index in [1.807, 2.05) is 46.8 Å². The first-order valence-corrected chi connectivity index (χ1v) is 11.0.